The normalized spacial score (nSPS) is 17.1. The highest BCUT2D eigenvalue weighted by atomic mass is 35.5. The van der Waals surface area contributed by atoms with Crippen molar-refractivity contribution in [1.29, 1.82) is 0 Å². The second kappa shape index (κ2) is 10.7. The number of nitrogens with zero attached hydrogens (tertiary/aromatic N) is 3. The summed E-state index contributed by atoms with van der Waals surface area (Å²) < 4.78 is 20.9. The van der Waals surface area contributed by atoms with Gasteiger partial charge in [0.15, 0.2) is 5.11 Å². The van der Waals surface area contributed by atoms with Crippen LogP contribution in [0.2, 0.25) is 5.02 Å². The lowest BCUT2D eigenvalue weighted by Gasteiger charge is -2.29. The highest BCUT2D eigenvalue weighted by Crippen LogP contribution is 2.43. The molecule has 0 aliphatic carbocycles. The molecule has 0 spiro atoms. The van der Waals surface area contributed by atoms with Gasteiger partial charge in [0.2, 0.25) is 5.91 Å². The summed E-state index contributed by atoms with van der Waals surface area (Å²) in [6.07, 6.45) is 3.63. The number of ether oxygens (including phenoxy) is 1. The molecular weight excluding hydrogens is 513 g/mol. The van der Waals surface area contributed by atoms with Crippen LogP contribution in [0.25, 0.3) is 5.69 Å². The molecule has 0 radical (unpaired) electrons. The molecule has 0 bridgehead atoms. The van der Waals surface area contributed by atoms with Gasteiger partial charge in [-0.05, 0) is 72.9 Å². The third-order valence-corrected chi connectivity index (χ3v) is 6.68. The zero-order valence-electron chi connectivity index (χ0n) is 19.8. The van der Waals surface area contributed by atoms with E-state index >= 15 is 0 Å². The number of methoxy groups -OCH3 is 1. The quantitative estimate of drug-likeness (QED) is 0.308. The number of thiocarbonyl (C=S) groups is 1. The molecule has 188 valence electrons. The zero-order chi connectivity index (χ0) is 25.9. The summed E-state index contributed by atoms with van der Waals surface area (Å²) in [5, 5.41) is 6.98. The molecule has 2 aromatic heterocycles. The summed E-state index contributed by atoms with van der Waals surface area (Å²) in [6.45, 7) is -0.0802. The summed E-state index contributed by atoms with van der Waals surface area (Å²) in [7, 11) is 1.45. The predicted octanol–water partition coefficient (Wildman–Crippen LogP) is 5.43. The van der Waals surface area contributed by atoms with Crippen LogP contribution in [-0.4, -0.2) is 34.3 Å². The summed E-state index contributed by atoms with van der Waals surface area (Å²) in [5.74, 6) is -0.634. The monoisotopic (exact) mass is 535 g/mol. The van der Waals surface area contributed by atoms with E-state index in [0.29, 0.717) is 21.5 Å². The van der Waals surface area contributed by atoms with Crippen molar-refractivity contribution < 1.29 is 13.9 Å². The Bertz CT molecular complexity index is 1450. The van der Waals surface area contributed by atoms with Gasteiger partial charge in [-0.2, -0.15) is 0 Å². The van der Waals surface area contributed by atoms with Crippen LogP contribution < -0.4 is 15.5 Å². The fraction of sp³-hybridized carbons (Fsp3) is 0.148. The van der Waals surface area contributed by atoms with Crippen LogP contribution in [0.1, 0.15) is 23.5 Å². The molecule has 1 aliphatic rings. The number of hydrogen-bond donors (Lipinski definition) is 2. The lowest BCUT2D eigenvalue weighted by molar-refractivity contribution is -0.119. The molecule has 1 aliphatic heterocycles. The van der Waals surface area contributed by atoms with E-state index in [-0.39, 0.29) is 30.4 Å². The molecule has 0 unspecified atom stereocenters. The molecule has 3 heterocycles. The number of anilines is 2. The van der Waals surface area contributed by atoms with Crippen LogP contribution >= 0.6 is 23.8 Å². The van der Waals surface area contributed by atoms with E-state index < -0.39 is 0 Å². The minimum atomic E-state index is -0.342. The highest BCUT2D eigenvalue weighted by molar-refractivity contribution is 7.80. The molecule has 0 saturated carbocycles. The predicted molar refractivity (Wildman–Crippen MR) is 146 cm³/mol. The van der Waals surface area contributed by atoms with Crippen LogP contribution in [0.15, 0.2) is 85.2 Å². The first kappa shape index (κ1) is 24.9. The van der Waals surface area contributed by atoms with E-state index in [9.17, 15) is 9.18 Å². The van der Waals surface area contributed by atoms with Crippen molar-refractivity contribution in [2.24, 2.45) is 0 Å². The Labute approximate surface area is 223 Å². The third-order valence-electron chi connectivity index (χ3n) is 6.05. The van der Waals surface area contributed by atoms with Gasteiger partial charge >= 0.3 is 0 Å². The van der Waals surface area contributed by atoms with Crippen molar-refractivity contribution in [3.8, 4) is 5.69 Å². The van der Waals surface area contributed by atoms with Crippen molar-refractivity contribution in [1.82, 2.24) is 14.9 Å². The number of hydrogen-bond acceptors (Lipinski definition) is 4. The number of amides is 1. The molecule has 37 heavy (non-hydrogen) atoms. The van der Waals surface area contributed by atoms with Crippen molar-refractivity contribution in [2.45, 2.75) is 12.1 Å². The standard InChI is InChI=1S/C27H23ClFN5O2S/c1-36-16-24(35)31-21-11-10-19(15-20(21)28)34-26(25(32-27(34)37)22-8-2-3-12-30-22)23-9-5-13-33(23)18-7-4-6-17(29)14-18/h2-15,25-26H,16H2,1H3,(H,31,35)(H,32,37)/t25-,26+/m1/s1. The fourth-order valence-corrected chi connectivity index (χ4v) is 5.07. The summed E-state index contributed by atoms with van der Waals surface area (Å²) in [5.41, 5.74) is 3.56. The van der Waals surface area contributed by atoms with E-state index in [2.05, 4.69) is 15.6 Å². The first-order chi connectivity index (χ1) is 18.0. The number of rotatable bonds is 7. The number of halogens is 2. The molecule has 5 rings (SSSR count). The largest absolute Gasteiger partial charge is 0.375 e. The maximum Gasteiger partial charge on any atom is 0.250 e. The summed E-state index contributed by atoms with van der Waals surface area (Å²) in [6, 6.07) is 20.7. The number of aromatic nitrogens is 2. The van der Waals surface area contributed by atoms with Gasteiger partial charge in [-0.25, -0.2) is 4.39 Å². The van der Waals surface area contributed by atoms with Gasteiger partial charge in [-0.3, -0.25) is 9.78 Å². The van der Waals surface area contributed by atoms with E-state index in [1.807, 2.05) is 58.1 Å². The van der Waals surface area contributed by atoms with E-state index in [1.54, 1.807) is 24.4 Å². The second-order valence-corrected chi connectivity index (χ2v) is 9.22. The summed E-state index contributed by atoms with van der Waals surface area (Å²) in [4.78, 5) is 18.5. The number of carbonyl (C=O) groups is 1. The number of carbonyl (C=O) groups excluding carboxylic acids is 1. The number of benzene rings is 2. The Morgan fingerprint density at radius 1 is 1.14 bits per heavy atom. The lowest BCUT2D eigenvalue weighted by atomic mass is 10.0. The Morgan fingerprint density at radius 2 is 2.00 bits per heavy atom. The first-order valence-electron chi connectivity index (χ1n) is 11.5. The van der Waals surface area contributed by atoms with E-state index in [1.165, 1.54) is 19.2 Å². The zero-order valence-corrected chi connectivity index (χ0v) is 21.3. The highest BCUT2D eigenvalue weighted by Gasteiger charge is 2.42. The average Bonchev–Trinajstić information content (AvgIpc) is 3.50. The van der Waals surface area contributed by atoms with Gasteiger partial charge in [-0.1, -0.05) is 23.7 Å². The van der Waals surface area contributed by atoms with Crippen LogP contribution in [0, 0.1) is 5.82 Å². The van der Waals surface area contributed by atoms with Gasteiger partial charge in [0, 0.05) is 36.6 Å². The van der Waals surface area contributed by atoms with Gasteiger partial charge in [0.05, 0.1) is 22.4 Å². The van der Waals surface area contributed by atoms with Crippen LogP contribution in [-0.2, 0) is 9.53 Å². The number of nitrogens with one attached hydrogen (secondary N) is 2. The smallest absolute Gasteiger partial charge is 0.250 e. The average molecular weight is 536 g/mol. The Morgan fingerprint density at radius 3 is 2.73 bits per heavy atom. The molecule has 4 aromatic rings. The molecule has 10 heteroatoms. The fourth-order valence-electron chi connectivity index (χ4n) is 4.50. The molecule has 2 atom stereocenters. The Balaban J connectivity index is 1.59. The summed E-state index contributed by atoms with van der Waals surface area (Å²) >= 11 is 12.4. The van der Waals surface area contributed by atoms with Gasteiger partial charge in [0.1, 0.15) is 18.5 Å². The SMILES string of the molecule is COCC(=O)Nc1ccc(N2C(=S)N[C@H](c3ccccn3)[C@@H]2c2cccn2-c2cccc(F)c2)cc1Cl. The molecule has 1 fully saturated rings. The molecular formula is C27H23ClFN5O2S. The van der Waals surface area contributed by atoms with Gasteiger partial charge < -0.3 is 24.8 Å². The van der Waals surface area contributed by atoms with Gasteiger partial charge in [0.25, 0.3) is 0 Å². The molecule has 2 aromatic carbocycles. The maximum atomic E-state index is 14.1. The minimum absolute atomic E-state index is 0.0802. The lowest BCUT2D eigenvalue weighted by Crippen LogP contribution is -2.30. The molecule has 1 saturated heterocycles. The molecule has 1 amide bonds. The van der Waals surface area contributed by atoms with Crippen molar-refractivity contribution >= 4 is 46.2 Å². The van der Waals surface area contributed by atoms with Crippen LogP contribution in [0.3, 0.4) is 0 Å². The van der Waals surface area contributed by atoms with Crippen molar-refractivity contribution in [3.05, 3.63) is 107 Å². The third kappa shape index (κ3) is 5.06. The van der Waals surface area contributed by atoms with Crippen molar-refractivity contribution in [2.75, 3.05) is 23.9 Å². The minimum Gasteiger partial charge on any atom is -0.375 e. The second-order valence-electron chi connectivity index (χ2n) is 8.42. The molecule has 7 nitrogen and oxygen atoms in total. The number of pyridine rings is 1. The van der Waals surface area contributed by atoms with Crippen molar-refractivity contribution in [3.63, 3.8) is 0 Å². The topological polar surface area (TPSA) is 71.4 Å². The van der Waals surface area contributed by atoms with Crippen LogP contribution in [0.4, 0.5) is 15.8 Å². The Kier molecular flexibility index (Phi) is 7.18. The molecule has 2 N–H and O–H groups in total. The van der Waals surface area contributed by atoms with E-state index in [0.717, 1.165) is 17.1 Å². The Hall–Kier alpha value is -3.79. The van der Waals surface area contributed by atoms with Crippen LogP contribution in [0.5, 0.6) is 0 Å². The first-order valence-corrected chi connectivity index (χ1v) is 12.3. The van der Waals surface area contributed by atoms with E-state index in [4.69, 9.17) is 28.6 Å². The maximum absolute atomic E-state index is 14.1. The van der Waals surface area contributed by atoms with Gasteiger partial charge in [-0.15, -0.1) is 0 Å².